The highest BCUT2D eigenvalue weighted by Crippen LogP contribution is 2.29. The fourth-order valence-electron chi connectivity index (χ4n) is 0.962. The molecule has 0 aliphatic heterocycles. The van der Waals surface area contributed by atoms with Crippen molar-refractivity contribution in [1.82, 2.24) is 0 Å². The van der Waals surface area contributed by atoms with Crippen molar-refractivity contribution in [2.45, 2.75) is 6.18 Å². The first-order valence-electron chi connectivity index (χ1n) is 4.31. The Kier molecular flexibility index (Phi) is 3.73. The van der Waals surface area contributed by atoms with Crippen molar-refractivity contribution in [2.24, 2.45) is 0 Å². The number of methoxy groups -OCH3 is 1. The van der Waals surface area contributed by atoms with Crippen molar-refractivity contribution in [1.29, 1.82) is 0 Å². The molecule has 0 aromatic heterocycles. The van der Waals surface area contributed by atoms with Crippen molar-refractivity contribution in [3.63, 3.8) is 0 Å². The lowest BCUT2D eigenvalue weighted by Crippen LogP contribution is -2.05. The quantitative estimate of drug-likeness (QED) is 0.399. The Balaban J connectivity index is 3.05. The van der Waals surface area contributed by atoms with Gasteiger partial charge < -0.3 is 4.74 Å². The molecule has 0 atom stereocenters. The number of halogens is 4. The Labute approximate surface area is 94.2 Å². The van der Waals surface area contributed by atoms with E-state index in [0.29, 0.717) is 12.1 Å². The van der Waals surface area contributed by atoms with Gasteiger partial charge in [0.2, 0.25) is 0 Å². The molecule has 2 nitrogen and oxygen atoms in total. The Hall–Kier alpha value is -2.03. The van der Waals surface area contributed by atoms with E-state index in [-0.39, 0.29) is 5.56 Å². The van der Waals surface area contributed by atoms with E-state index in [1.54, 1.807) is 0 Å². The summed E-state index contributed by atoms with van der Waals surface area (Å²) in [7, 11) is 1.08. The van der Waals surface area contributed by atoms with Gasteiger partial charge in [-0.3, -0.25) is 0 Å². The minimum atomic E-state index is -4.62. The minimum absolute atomic E-state index is 0.302. The Morgan fingerprint density at radius 2 is 2.00 bits per heavy atom. The number of carbonyl (C=O) groups excluding carboxylic acids is 1. The second-order valence-corrected chi connectivity index (χ2v) is 2.93. The highest BCUT2D eigenvalue weighted by molar-refractivity contribution is 5.89. The zero-order chi connectivity index (χ0) is 13.1. The fourth-order valence-corrected chi connectivity index (χ4v) is 0.962. The van der Waals surface area contributed by atoms with Crippen molar-refractivity contribution in [3.05, 3.63) is 35.1 Å². The van der Waals surface area contributed by atoms with Crippen molar-refractivity contribution in [3.8, 4) is 11.8 Å². The fraction of sp³-hybridized carbons (Fsp3) is 0.182. The molecule has 1 rings (SSSR count). The predicted molar refractivity (Wildman–Crippen MR) is 50.3 cm³/mol. The topological polar surface area (TPSA) is 26.3 Å². The van der Waals surface area contributed by atoms with Gasteiger partial charge in [-0.25, -0.2) is 9.18 Å². The van der Waals surface area contributed by atoms with Crippen LogP contribution < -0.4 is 0 Å². The third kappa shape index (κ3) is 3.48. The van der Waals surface area contributed by atoms with Crippen LogP contribution in [0.5, 0.6) is 0 Å². The second kappa shape index (κ2) is 4.87. The number of rotatable bonds is 0. The molecule has 0 saturated heterocycles. The van der Waals surface area contributed by atoms with Crippen LogP contribution in [0.2, 0.25) is 0 Å². The van der Waals surface area contributed by atoms with Gasteiger partial charge in [-0.05, 0) is 18.2 Å². The predicted octanol–water partition coefficient (Wildman–Crippen LogP) is 2.37. The Bertz CT molecular complexity index is 494. The highest BCUT2D eigenvalue weighted by atomic mass is 19.4. The summed E-state index contributed by atoms with van der Waals surface area (Å²) in [5.41, 5.74) is -1.41. The summed E-state index contributed by atoms with van der Waals surface area (Å²) in [4.78, 5) is 10.6. The third-order valence-electron chi connectivity index (χ3n) is 1.78. The summed E-state index contributed by atoms with van der Waals surface area (Å²) < 4.78 is 53.9. The monoisotopic (exact) mass is 246 g/mol. The van der Waals surface area contributed by atoms with Crippen LogP contribution in [0.15, 0.2) is 18.2 Å². The van der Waals surface area contributed by atoms with Gasteiger partial charge in [-0.2, -0.15) is 13.2 Å². The number of hydrogen-bond acceptors (Lipinski definition) is 2. The van der Waals surface area contributed by atoms with E-state index in [1.807, 2.05) is 5.92 Å². The molecule has 0 amide bonds. The first kappa shape index (κ1) is 13.0. The molecule has 0 fully saturated rings. The van der Waals surface area contributed by atoms with Crippen LogP contribution in [0.3, 0.4) is 0 Å². The average molecular weight is 246 g/mol. The van der Waals surface area contributed by atoms with E-state index in [1.165, 1.54) is 0 Å². The van der Waals surface area contributed by atoms with Crippen LogP contribution in [0, 0.1) is 17.7 Å². The number of alkyl halides is 3. The van der Waals surface area contributed by atoms with Crippen LogP contribution in [0.1, 0.15) is 11.1 Å². The van der Waals surface area contributed by atoms with Crippen LogP contribution >= 0.6 is 0 Å². The van der Waals surface area contributed by atoms with Crippen LogP contribution in [0.4, 0.5) is 17.6 Å². The van der Waals surface area contributed by atoms with Gasteiger partial charge in [-0.1, -0.05) is 5.92 Å². The molecule has 17 heavy (non-hydrogen) atoms. The molecule has 0 saturated carbocycles. The lowest BCUT2D eigenvalue weighted by atomic mass is 10.1. The van der Waals surface area contributed by atoms with E-state index < -0.39 is 23.5 Å². The molecule has 1 aromatic carbocycles. The largest absolute Gasteiger partial charge is 0.459 e. The number of carbonyl (C=O) groups is 1. The van der Waals surface area contributed by atoms with Crippen LogP contribution in [0.25, 0.3) is 0 Å². The smallest absolute Gasteiger partial charge is 0.416 e. The van der Waals surface area contributed by atoms with E-state index in [0.717, 1.165) is 13.2 Å². The first-order chi connectivity index (χ1) is 7.84. The number of benzene rings is 1. The summed E-state index contributed by atoms with van der Waals surface area (Å²) in [5, 5.41) is 0. The minimum Gasteiger partial charge on any atom is -0.459 e. The highest BCUT2D eigenvalue weighted by Gasteiger charge is 2.30. The normalized spacial score (nSPS) is 10.4. The van der Waals surface area contributed by atoms with Crippen molar-refractivity contribution >= 4 is 5.97 Å². The SMILES string of the molecule is COC(=O)C#Cc1ccc(C(F)(F)F)cc1F. The molecular formula is C11H6F4O2. The lowest BCUT2D eigenvalue weighted by molar-refractivity contribution is -0.138. The molecule has 0 heterocycles. The summed E-state index contributed by atoms with van der Waals surface area (Å²) in [6, 6.07) is 1.86. The molecule has 1 aromatic rings. The molecule has 0 spiro atoms. The molecule has 0 unspecified atom stereocenters. The van der Waals surface area contributed by atoms with E-state index in [4.69, 9.17) is 0 Å². The van der Waals surface area contributed by atoms with Gasteiger partial charge in [0.25, 0.3) is 0 Å². The molecule has 0 bridgehead atoms. The summed E-state index contributed by atoms with van der Waals surface area (Å²) in [6.45, 7) is 0. The maximum Gasteiger partial charge on any atom is 0.416 e. The van der Waals surface area contributed by atoms with Crippen LogP contribution in [-0.4, -0.2) is 13.1 Å². The molecule has 0 aliphatic carbocycles. The standard InChI is InChI=1S/C11H6F4O2/c1-17-10(16)5-3-7-2-4-8(6-9(7)12)11(13,14)15/h2,4,6H,1H3. The van der Waals surface area contributed by atoms with Gasteiger partial charge in [-0.15, -0.1) is 0 Å². The maximum atomic E-state index is 13.2. The average Bonchev–Trinajstić information content (AvgIpc) is 2.25. The molecule has 0 N–H and O–H groups in total. The van der Waals surface area contributed by atoms with Crippen LogP contribution in [-0.2, 0) is 15.7 Å². The Morgan fingerprint density at radius 1 is 1.35 bits per heavy atom. The van der Waals surface area contributed by atoms with Gasteiger partial charge >= 0.3 is 12.1 Å². The van der Waals surface area contributed by atoms with Gasteiger partial charge in [0.1, 0.15) is 5.82 Å². The zero-order valence-corrected chi connectivity index (χ0v) is 8.56. The first-order valence-corrected chi connectivity index (χ1v) is 4.31. The zero-order valence-electron chi connectivity index (χ0n) is 8.56. The van der Waals surface area contributed by atoms with Crippen molar-refractivity contribution < 1.29 is 27.1 Å². The summed E-state index contributed by atoms with van der Waals surface area (Å²) in [5.74, 6) is 1.95. The van der Waals surface area contributed by atoms with E-state index in [2.05, 4.69) is 10.7 Å². The summed E-state index contributed by atoms with van der Waals surface area (Å²) >= 11 is 0. The maximum absolute atomic E-state index is 13.2. The van der Waals surface area contributed by atoms with Gasteiger partial charge in [0.05, 0.1) is 18.2 Å². The van der Waals surface area contributed by atoms with E-state index >= 15 is 0 Å². The third-order valence-corrected chi connectivity index (χ3v) is 1.78. The van der Waals surface area contributed by atoms with Gasteiger partial charge in [0.15, 0.2) is 0 Å². The van der Waals surface area contributed by atoms with Gasteiger partial charge in [0, 0.05) is 5.92 Å². The summed E-state index contributed by atoms with van der Waals surface area (Å²) in [6.07, 6.45) is -4.62. The van der Waals surface area contributed by atoms with E-state index in [9.17, 15) is 22.4 Å². The lowest BCUT2D eigenvalue weighted by Gasteiger charge is -2.06. The Morgan fingerprint density at radius 3 is 2.47 bits per heavy atom. The molecular weight excluding hydrogens is 240 g/mol. The second-order valence-electron chi connectivity index (χ2n) is 2.93. The molecule has 0 aliphatic rings. The molecule has 6 heteroatoms. The van der Waals surface area contributed by atoms with Crippen molar-refractivity contribution in [2.75, 3.05) is 7.11 Å². The number of ether oxygens (including phenoxy) is 1. The molecule has 90 valence electrons. The number of esters is 1. The number of hydrogen-bond donors (Lipinski definition) is 0. The molecule has 0 radical (unpaired) electrons.